The summed E-state index contributed by atoms with van der Waals surface area (Å²) < 4.78 is 10.4. The molecule has 148 valence electrons. The number of nitrogens with one attached hydrogen (secondary N) is 2. The minimum absolute atomic E-state index is 0.131. The number of hydrogen-bond donors (Lipinski definition) is 2. The number of halogens is 1. The number of hydrogen-bond acceptors (Lipinski definition) is 4. The van der Waals surface area contributed by atoms with Crippen LogP contribution in [-0.4, -0.2) is 32.6 Å². The van der Waals surface area contributed by atoms with Gasteiger partial charge in [0.2, 0.25) is 11.8 Å². The zero-order valence-corrected chi connectivity index (χ0v) is 16.8. The van der Waals surface area contributed by atoms with Crippen LogP contribution in [0.5, 0.6) is 11.5 Å². The number of methoxy groups -OCH3 is 2. The molecule has 0 saturated carbocycles. The Labute approximate surface area is 169 Å². The van der Waals surface area contributed by atoms with Gasteiger partial charge in [-0.3, -0.25) is 9.59 Å². The Morgan fingerprint density at radius 3 is 2.57 bits per heavy atom. The van der Waals surface area contributed by atoms with Gasteiger partial charge in [0.1, 0.15) is 0 Å². The molecule has 0 aliphatic carbocycles. The molecule has 2 aromatic rings. The lowest BCUT2D eigenvalue weighted by Crippen LogP contribution is -2.31. The number of amides is 2. The molecular weight excluding hydrogens is 380 g/mol. The zero-order valence-electron chi connectivity index (χ0n) is 16.0. The van der Waals surface area contributed by atoms with Crippen molar-refractivity contribution in [2.75, 3.05) is 26.1 Å². The Balaban J connectivity index is 1.93. The summed E-state index contributed by atoms with van der Waals surface area (Å²) in [6.45, 7) is 1.88. The largest absolute Gasteiger partial charge is 0.493 e. The van der Waals surface area contributed by atoms with Crippen molar-refractivity contribution in [1.82, 2.24) is 5.32 Å². The number of ether oxygens (including phenoxy) is 2. The quantitative estimate of drug-likeness (QED) is 0.660. The van der Waals surface area contributed by atoms with Crippen LogP contribution in [0.25, 0.3) is 6.08 Å². The van der Waals surface area contributed by atoms with Crippen LogP contribution in [0.3, 0.4) is 0 Å². The number of carbonyl (C=O) groups is 2. The summed E-state index contributed by atoms with van der Waals surface area (Å²) in [5.74, 6) is 0.195. The van der Waals surface area contributed by atoms with Gasteiger partial charge in [-0.1, -0.05) is 36.7 Å². The fourth-order valence-corrected chi connectivity index (χ4v) is 2.87. The lowest BCUT2D eigenvalue weighted by atomic mass is 10.1. The van der Waals surface area contributed by atoms with Crippen LogP contribution >= 0.6 is 11.6 Å². The van der Waals surface area contributed by atoms with E-state index in [9.17, 15) is 9.59 Å². The minimum Gasteiger partial charge on any atom is -0.493 e. The van der Waals surface area contributed by atoms with E-state index in [1.807, 2.05) is 31.2 Å². The van der Waals surface area contributed by atoms with E-state index in [4.69, 9.17) is 21.1 Å². The molecule has 0 radical (unpaired) electrons. The Bertz CT molecular complexity index is 881. The molecule has 7 heteroatoms. The normalized spacial score (nSPS) is 10.6. The third-order valence-corrected chi connectivity index (χ3v) is 4.26. The molecule has 0 saturated heterocycles. The van der Waals surface area contributed by atoms with Crippen LogP contribution in [0.15, 0.2) is 42.5 Å². The fourth-order valence-electron chi connectivity index (χ4n) is 2.58. The highest BCUT2D eigenvalue weighted by Crippen LogP contribution is 2.36. The number of aryl methyl sites for hydroxylation is 1. The van der Waals surface area contributed by atoms with Crippen molar-refractivity contribution in [3.8, 4) is 11.5 Å². The standard InChI is InChI=1S/C21H23ClN2O4/c1-4-15-7-5-6-8-17(15)24-20(26)13-23-19(25)10-9-14-11-16(22)21(28-3)18(12-14)27-2/h5-12H,4,13H2,1-3H3,(H,23,25)(H,24,26)/b10-9+. The third kappa shape index (κ3) is 5.76. The summed E-state index contributed by atoms with van der Waals surface area (Å²) in [6, 6.07) is 10.9. The summed E-state index contributed by atoms with van der Waals surface area (Å²) >= 11 is 6.14. The van der Waals surface area contributed by atoms with Crippen molar-refractivity contribution in [1.29, 1.82) is 0 Å². The summed E-state index contributed by atoms with van der Waals surface area (Å²) in [5.41, 5.74) is 2.45. The van der Waals surface area contributed by atoms with Crippen molar-refractivity contribution < 1.29 is 19.1 Å². The number of para-hydroxylation sites is 1. The minimum atomic E-state index is -0.398. The molecule has 2 rings (SSSR count). The van der Waals surface area contributed by atoms with E-state index in [2.05, 4.69) is 10.6 Å². The van der Waals surface area contributed by atoms with Crippen LogP contribution in [0.4, 0.5) is 5.69 Å². The maximum Gasteiger partial charge on any atom is 0.244 e. The molecule has 0 spiro atoms. The van der Waals surface area contributed by atoms with E-state index in [1.165, 1.54) is 20.3 Å². The van der Waals surface area contributed by atoms with Gasteiger partial charge in [-0.2, -0.15) is 0 Å². The van der Waals surface area contributed by atoms with Crippen LogP contribution < -0.4 is 20.1 Å². The monoisotopic (exact) mass is 402 g/mol. The predicted octanol–water partition coefficient (Wildman–Crippen LogP) is 3.69. The van der Waals surface area contributed by atoms with E-state index >= 15 is 0 Å². The van der Waals surface area contributed by atoms with Gasteiger partial charge in [0.15, 0.2) is 11.5 Å². The topological polar surface area (TPSA) is 76.7 Å². The molecule has 28 heavy (non-hydrogen) atoms. The Kier molecular flexibility index (Phi) is 7.89. The van der Waals surface area contributed by atoms with Crippen LogP contribution in [0.2, 0.25) is 5.02 Å². The summed E-state index contributed by atoms with van der Waals surface area (Å²) in [7, 11) is 3.00. The maximum atomic E-state index is 12.1. The third-order valence-electron chi connectivity index (χ3n) is 3.98. The van der Waals surface area contributed by atoms with Gasteiger partial charge >= 0.3 is 0 Å². The van der Waals surface area contributed by atoms with Crippen LogP contribution in [0.1, 0.15) is 18.1 Å². The first-order chi connectivity index (χ1) is 13.5. The first kappa shape index (κ1) is 21.3. The summed E-state index contributed by atoms with van der Waals surface area (Å²) in [5, 5.41) is 5.72. The molecule has 2 aromatic carbocycles. The second kappa shape index (κ2) is 10.4. The molecule has 0 fully saturated rings. The lowest BCUT2D eigenvalue weighted by Gasteiger charge is -2.10. The Morgan fingerprint density at radius 1 is 1.14 bits per heavy atom. The molecule has 0 bridgehead atoms. The van der Waals surface area contributed by atoms with Gasteiger partial charge in [0.05, 0.1) is 25.8 Å². The van der Waals surface area contributed by atoms with Gasteiger partial charge < -0.3 is 20.1 Å². The molecule has 0 aliphatic heterocycles. The number of anilines is 1. The van der Waals surface area contributed by atoms with E-state index < -0.39 is 5.91 Å². The van der Waals surface area contributed by atoms with E-state index in [1.54, 1.807) is 18.2 Å². The van der Waals surface area contributed by atoms with Crippen molar-refractivity contribution in [3.63, 3.8) is 0 Å². The number of rotatable bonds is 8. The molecule has 0 aliphatic rings. The SMILES string of the molecule is CCc1ccccc1NC(=O)CNC(=O)/C=C/c1cc(Cl)c(OC)c(OC)c1. The first-order valence-electron chi connectivity index (χ1n) is 8.73. The lowest BCUT2D eigenvalue weighted by molar-refractivity contribution is -0.121. The number of benzene rings is 2. The highest BCUT2D eigenvalue weighted by atomic mass is 35.5. The second-order valence-corrected chi connectivity index (χ2v) is 6.26. The van der Waals surface area contributed by atoms with Crippen LogP contribution in [-0.2, 0) is 16.0 Å². The van der Waals surface area contributed by atoms with Crippen LogP contribution in [0, 0.1) is 0 Å². The predicted molar refractivity (Wildman–Crippen MR) is 111 cm³/mol. The Morgan fingerprint density at radius 2 is 1.89 bits per heavy atom. The summed E-state index contributed by atoms with van der Waals surface area (Å²) in [6.07, 6.45) is 3.71. The fraction of sp³-hybridized carbons (Fsp3) is 0.238. The van der Waals surface area contributed by atoms with E-state index in [-0.39, 0.29) is 12.5 Å². The van der Waals surface area contributed by atoms with Gasteiger partial charge in [-0.15, -0.1) is 0 Å². The molecule has 0 aromatic heterocycles. The molecule has 2 N–H and O–H groups in total. The molecule has 0 unspecified atom stereocenters. The first-order valence-corrected chi connectivity index (χ1v) is 9.11. The molecule has 0 heterocycles. The van der Waals surface area contributed by atoms with Crippen molar-refractivity contribution in [2.24, 2.45) is 0 Å². The smallest absolute Gasteiger partial charge is 0.244 e. The Hall–Kier alpha value is -2.99. The highest BCUT2D eigenvalue weighted by Gasteiger charge is 2.10. The molecule has 2 amide bonds. The second-order valence-electron chi connectivity index (χ2n) is 5.85. The molecule has 6 nitrogen and oxygen atoms in total. The van der Waals surface area contributed by atoms with Crippen molar-refractivity contribution in [2.45, 2.75) is 13.3 Å². The van der Waals surface area contributed by atoms with Gasteiger partial charge in [-0.05, 0) is 41.8 Å². The molecule has 0 atom stereocenters. The van der Waals surface area contributed by atoms with Gasteiger partial charge in [0, 0.05) is 11.8 Å². The highest BCUT2D eigenvalue weighted by molar-refractivity contribution is 6.32. The number of carbonyl (C=O) groups excluding carboxylic acids is 2. The molecular formula is C21H23ClN2O4. The van der Waals surface area contributed by atoms with Gasteiger partial charge in [-0.25, -0.2) is 0 Å². The average molecular weight is 403 g/mol. The summed E-state index contributed by atoms with van der Waals surface area (Å²) in [4.78, 5) is 24.1. The average Bonchev–Trinajstić information content (AvgIpc) is 2.70. The van der Waals surface area contributed by atoms with Gasteiger partial charge in [0.25, 0.3) is 0 Å². The van der Waals surface area contributed by atoms with E-state index in [0.29, 0.717) is 22.1 Å². The van der Waals surface area contributed by atoms with E-state index in [0.717, 1.165) is 17.7 Å². The van der Waals surface area contributed by atoms with Crippen molar-refractivity contribution in [3.05, 3.63) is 58.6 Å². The zero-order chi connectivity index (χ0) is 20.5. The maximum absolute atomic E-state index is 12.1. The van der Waals surface area contributed by atoms with Crippen molar-refractivity contribution >= 4 is 35.2 Å².